The zero-order chi connectivity index (χ0) is 15.9. The van der Waals surface area contributed by atoms with Crippen molar-refractivity contribution >= 4 is 40.5 Å². The van der Waals surface area contributed by atoms with Gasteiger partial charge in [-0.1, -0.05) is 12.1 Å². The summed E-state index contributed by atoms with van der Waals surface area (Å²) in [7, 11) is 0. The Bertz CT molecular complexity index is 683. The van der Waals surface area contributed by atoms with Gasteiger partial charge in [0.05, 0.1) is 4.88 Å². The minimum atomic E-state index is -1.27. The van der Waals surface area contributed by atoms with Crippen molar-refractivity contribution in [3.8, 4) is 0 Å². The van der Waals surface area contributed by atoms with Crippen LogP contribution in [-0.4, -0.2) is 17.8 Å². The molecule has 0 unspecified atom stereocenters. The first-order valence-electron chi connectivity index (χ1n) is 6.49. The van der Waals surface area contributed by atoms with Gasteiger partial charge in [0.25, 0.3) is 5.91 Å². The third-order valence-corrected chi connectivity index (χ3v) is 3.57. The number of hydrogen-bond donors (Lipinski definition) is 2. The van der Waals surface area contributed by atoms with E-state index in [-0.39, 0.29) is 18.7 Å². The number of nitrogens with one attached hydrogen (secondary N) is 2. The molecule has 0 saturated carbocycles. The van der Waals surface area contributed by atoms with E-state index in [4.69, 9.17) is 0 Å². The van der Waals surface area contributed by atoms with Crippen LogP contribution < -0.4 is 15.7 Å². The molecular weight excluding hydrogens is 304 g/mol. The molecule has 0 radical (unpaired) electrons. The highest BCUT2D eigenvalue weighted by atomic mass is 32.1. The van der Waals surface area contributed by atoms with Gasteiger partial charge in [0.1, 0.15) is 0 Å². The molecule has 2 rings (SSSR count). The van der Waals surface area contributed by atoms with E-state index in [1.54, 1.807) is 36.4 Å². The van der Waals surface area contributed by atoms with E-state index in [0.29, 0.717) is 16.3 Å². The van der Waals surface area contributed by atoms with Crippen LogP contribution in [0.3, 0.4) is 0 Å². The van der Waals surface area contributed by atoms with Gasteiger partial charge in [-0.3, -0.25) is 9.59 Å². The van der Waals surface area contributed by atoms with Crippen molar-refractivity contribution in [1.29, 1.82) is 0 Å². The number of benzene rings is 1. The molecule has 1 heterocycles. The predicted molar refractivity (Wildman–Crippen MR) is 81.6 cm³/mol. The van der Waals surface area contributed by atoms with Crippen molar-refractivity contribution in [2.75, 3.05) is 10.6 Å². The Balaban J connectivity index is 1.96. The van der Waals surface area contributed by atoms with E-state index in [1.165, 1.54) is 11.3 Å². The third kappa shape index (κ3) is 4.71. The smallest absolute Gasteiger partial charge is 0.265 e. The fraction of sp³-hybridized carbons (Fsp3) is 0.133. The Labute approximate surface area is 130 Å². The average molecular weight is 317 g/mol. The van der Waals surface area contributed by atoms with Gasteiger partial charge >= 0.3 is 0 Å². The van der Waals surface area contributed by atoms with Crippen LogP contribution in [0.5, 0.6) is 0 Å². The average Bonchev–Trinajstić information content (AvgIpc) is 3.00. The molecule has 0 fully saturated rings. The largest absolute Gasteiger partial charge is 0.550 e. The molecule has 2 aromatic rings. The number of carbonyl (C=O) groups excluding carboxylic acids is 3. The highest BCUT2D eigenvalue weighted by Crippen LogP contribution is 2.17. The van der Waals surface area contributed by atoms with E-state index in [0.717, 1.165) is 0 Å². The van der Waals surface area contributed by atoms with E-state index in [1.807, 2.05) is 5.38 Å². The lowest BCUT2D eigenvalue weighted by atomic mass is 10.2. The second-order valence-corrected chi connectivity index (χ2v) is 5.38. The maximum atomic E-state index is 11.9. The minimum Gasteiger partial charge on any atom is -0.550 e. The van der Waals surface area contributed by atoms with Crippen LogP contribution in [0.25, 0.3) is 0 Å². The molecule has 2 N–H and O–H groups in total. The first kappa shape index (κ1) is 15.7. The van der Waals surface area contributed by atoms with Gasteiger partial charge in [0.15, 0.2) is 0 Å². The number of carboxylic acids is 1. The molecule has 0 saturated heterocycles. The van der Waals surface area contributed by atoms with Gasteiger partial charge in [-0.15, -0.1) is 11.3 Å². The van der Waals surface area contributed by atoms with Crippen LogP contribution in [0, 0.1) is 0 Å². The standard InChI is InChI=1S/C15H14N2O4S/c18-13(6-7-14(19)20)16-10-3-1-4-11(9-10)17-15(21)12-5-2-8-22-12/h1-5,8-9H,6-7H2,(H,16,18)(H,17,21)(H,19,20)/p-1. The molecule has 0 spiro atoms. The Hall–Kier alpha value is -2.67. The molecule has 1 aromatic heterocycles. The number of carbonyl (C=O) groups is 3. The normalized spacial score (nSPS) is 10.0. The summed E-state index contributed by atoms with van der Waals surface area (Å²) in [6.07, 6.45) is -0.491. The fourth-order valence-electron chi connectivity index (χ4n) is 1.71. The molecule has 0 bridgehead atoms. The molecule has 0 atom stereocenters. The van der Waals surface area contributed by atoms with E-state index in [9.17, 15) is 19.5 Å². The molecule has 0 aliphatic carbocycles. The molecule has 114 valence electrons. The molecule has 2 amide bonds. The summed E-state index contributed by atoms with van der Waals surface area (Å²) in [6, 6.07) is 10.1. The summed E-state index contributed by atoms with van der Waals surface area (Å²) in [6.45, 7) is 0. The lowest BCUT2D eigenvalue weighted by molar-refractivity contribution is -0.305. The number of rotatable bonds is 6. The van der Waals surface area contributed by atoms with Crippen molar-refractivity contribution < 1.29 is 19.5 Å². The number of amides is 2. The number of thiophene rings is 1. The maximum Gasteiger partial charge on any atom is 0.265 e. The number of anilines is 2. The second-order valence-electron chi connectivity index (χ2n) is 4.43. The summed E-state index contributed by atoms with van der Waals surface area (Å²) in [5.74, 6) is -1.92. The van der Waals surface area contributed by atoms with Crippen molar-refractivity contribution in [1.82, 2.24) is 0 Å². The molecule has 1 aromatic carbocycles. The first-order valence-corrected chi connectivity index (χ1v) is 7.37. The summed E-state index contributed by atoms with van der Waals surface area (Å²) in [4.78, 5) is 34.4. The lowest BCUT2D eigenvalue weighted by Gasteiger charge is -2.08. The van der Waals surface area contributed by atoms with Gasteiger partial charge in [-0.05, 0) is 36.1 Å². The van der Waals surface area contributed by atoms with E-state index >= 15 is 0 Å². The quantitative estimate of drug-likeness (QED) is 0.843. The van der Waals surface area contributed by atoms with Crippen molar-refractivity contribution in [2.24, 2.45) is 0 Å². The summed E-state index contributed by atoms with van der Waals surface area (Å²) in [5, 5.41) is 17.4. The van der Waals surface area contributed by atoms with Gasteiger partial charge in [0.2, 0.25) is 5.91 Å². The van der Waals surface area contributed by atoms with Crippen LogP contribution in [-0.2, 0) is 9.59 Å². The van der Waals surface area contributed by atoms with Crippen LogP contribution in [0.4, 0.5) is 11.4 Å². The van der Waals surface area contributed by atoms with Crippen molar-refractivity contribution in [3.05, 3.63) is 46.7 Å². The molecule has 7 heteroatoms. The van der Waals surface area contributed by atoms with Crippen molar-refractivity contribution in [2.45, 2.75) is 12.8 Å². The topological polar surface area (TPSA) is 98.3 Å². The monoisotopic (exact) mass is 317 g/mol. The molecule has 22 heavy (non-hydrogen) atoms. The Morgan fingerprint density at radius 2 is 1.73 bits per heavy atom. The van der Waals surface area contributed by atoms with Gasteiger partial charge in [-0.25, -0.2) is 0 Å². The molecule has 6 nitrogen and oxygen atoms in total. The number of carboxylic acid groups (broad SMARTS) is 1. The summed E-state index contributed by atoms with van der Waals surface area (Å²) >= 11 is 1.33. The lowest BCUT2D eigenvalue weighted by Crippen LogP contribution is -2.24. The predicted octanol–water partition coefficient (Wildman–Crippen LogP) is 1.47. The van der Waals surface area contributed by atoms with Gasteiger partial charge < -0.3 is 20.5 Å². The first-order chi connectivity index (χ1) is 10.5. The van der Waals surface area contributed by atoms with Crippen LogP contribution >= 0.6 is 11.3 Å². The summed E-state index contributed by atoms with van der Waals surface area (Å²) < 4.78 is 0. The SMILES string of the molecule is O=C([O-])CCC(=O)Nc1cccc(NC(=O)c2cccs2)c1. The van der Waals surface area contributed by atoms with Crippen molar-refractivity contribution in [3.63, 3.8) is 0 Å². The second kappa shape index (κ2) is 7.37. The minimum absolute atomic E-state index is 0.159. The van der Waals surface area contributed by atoms with Gasteiger partial charge in [-0.2, -0.15) is 0 Å². The molecule has 0 aliphatic rings. The Kier molecular flexibility index (Phi) is 5.26. The zero-order valence-corrected chi connectivity index (χ0v) is 12.3. The van der Waals surface area contributed by atoms with E-state index in [2.05, 4.69) is 10.6 Å². The molecular formula is C15H13N2O4S-. The van der Waals surface area contributed by atoms with E-state index < -0.39 is 11.9 Å². The number of hydrogen-bond acceptors (Lipinski definition) is 5. The third-order valence-electron chi connectivity index (χ3n) is 2.71. The van der Waals surface area contributed by atoms with Crippen LogP contribution in [0.1, 0.15) is 22.5 Å². The Morgan fingerprint density at radius 3 is 2.36 bits per heavy atom. The number of aliphatic carboxylic acids is 1. The highest BCUT2D eigenvalue weighted by molar-refractivity contribution is 7.12. The van der Waals surface area contributed by atoms with Gasteiger partial charge in [0, 0.05) is 23.8 Å². The van der Waals surface area contributed by atoms with Crippen LogP contribution in [0.15, 0.2) is 41.8 Å². The molecule has 0 aliphatic heterocycles. The Morgan fingerprint density at radius 1 is 1.00 bits per heavy atom. The maximum absolute atomic E-state index is 11.9. The highest BCUT2D eigenvalue weighted by Gasteiger charge is 2.08. The zero-order valence-electron chi connectivity index (χ0n) is 11.5. The summed E-state index contributed by atoms with van der Waals surface area (Å²) in [5.41, 5.74) is 1.02. The van der Waals surface area contributed by atoms with Crippen LogP contribution in [0.2, 0.25) is 0 Å². The fourth-order valence-corrected chi connectivity index (χ4v) is 2.33.